The monoisotopic (exact) mass is 215 g/mol. The molecule has 0 aromatic carbocycles. The number of hydrogen-bond acceptors (Lipinski definition) is 3. The van der Waals surface area contributed by atoms with Crippen LogP contribution in [0.5, 0.6) is 5.88 Å². The van der Waals surface area contributed by atoms with Crippen LogP contribution in [-0.4, -0.2) is 16.4 Å². The Kier molecular flexibility index (Phi) is 2.10. The molecule has 78 valence electrons. The summed E-state index contributed by atoms with van der Waals surface area (Å²) in [6.07, 6.45) is 5.54. The molecule has 3 rings (SSSR count). The highest BCUT2D eigenvalue weighted by Crippen LogP contribution is 2.46. The fraction of sp³-hybridized carbons (Fsp3) is 0.667. The van der Waals surface area contributed by atoms with Crippen molar-refractivity contribution in [1.29, 1.82) is 0 Å². The first-order valence-electron chi connectivity index (χ1n) is 4.73. The predicted molar refractivity (Wildman–Crippen MR) is 55.7 cm³/mol. The van der Waals surface area contributed by atoms with Crippen molar-refractivity contribution in [2.75, 3.05) is 12.3 Å². The van der Waals surface area contributed by atoms with Crippen molar-refractivity contribution < 1.29 is 4.74 Å². The molecule has 0 amide bonds. The van der Waals surface area contributed by atoms with Crippen LogP contribution in [0.25, 0.3) is 0 Å². The van der Waals surface area contributed by atoms with Crippen LogP contribution in [0.1, 0.15) is 19.3 Å². The second-order valence-corrected chi connectivity index (χ2v) is 4.20. The Morgan fingerprint density at radius 2 is 2.29 bits per heavy atom. The molecule has 1 aromatic heterocycles. The molecule has 1 aliphatic heterocycles. The topological polar surface area (TPSA) is 53.1 Å². The molecule has 2 heterocycles. The van der Waals surface area contributed by atoms with Crippen LogP contribution in [0.3, 0.4) is 0 Å². The van der Waals surface area contributed by atoms with Gasteiger partial charge in [-0.3, -0.25) is 0 Å². The van der Waals surface area contributed by atoms with Gasteiger partial charge in [-0.05, 0) is 12.8 Å². The molecule has 0 saturated heterocycles. The number of fused-ring (bicyclic) bond motifs is 1. The van der Waals surface area contributed by atoms with Crippen molar-refractivity contribution in [1.82, 2.24) is 9.78 Å². The van der Waals surface area contributed by atoms with E-state index >= 15 is 0 Å². The van der Waals surface area contributed by atoms with Gasteiger partial charge >= 0.3 is 0 Å². The molecule has 1 saturated carbocycles. The van der Waals surface area contributed by atoms with E-state index in [9.17, 15) is 0 Å². The summed E-state index contributed by atoms with van der Waals surface area (Å²) in [6, 6.07) is 0. The molecule has 1 spiro atoms. The highest BCUT2D eigenvalue weighted by atomic mass is 35.5. The SMILES string of the molecule is Cl.Nc1cnn2c1OCC1(CCC1)C2. The number of aromatic nitrogens is 2. The van der Waals surface area contributed by atoms with Gasteiger partial charge in [0.2, 0.25) is 5.88 Å². The molecule has 2 aliphatic rings. The zero-order chi connectivity index (χ0) is 8.89. The standard InChI is InChI=1S/C9H13N3O.ClH/c10-7-4-11-12-5-9(2-1-3-9)6-13-8(7)12;/h4H,1-3,5-6,10H2;1H. The maximum atomic E-state index is 5.70. The normalized spacial score (nSPS) is 21.7. The van der Waals surface area contributed by atoms with Crippen molar-refractivity contribution >= 4 is 18.1 Å². The Balaban J connectivity index is 0.000000750. The fourth-order valence-corrected chi connectivity index (χ4v) is 2.22. The summed E-state index contributed by atoms with van der Waals surface area (Å²) in [4.78, 5) is 0. The van der Waals surface area contributed by atoms with Gasteiger partial charge in [0.15, 0.2) is 0 Å². The summed E-state index contributed by atoms with van der Waals surface area (Å²) in [6.45, 7) is 1.81. The summed E-state index contributed by atoms with van der Waals surface area (Å²) in [5.41, 5.74) is 6.74. The van der Waals surface area contributed by atoms with Gasteiger partial charge in [0.25, 0.3) is 0 Å². The van der Waals surface area contributed by atoms with Crippen molar-refractivity contribution in [2.24, 2.45) is 5.41 Å². The van der Waals surface area contributed by atoms with E-state index in [0.29, 0.717) is 11.1 Å². The van der Waals surface area contributed by atoms with Gasteiger partial charge < -0.3 is 10.5 Å². The van der Waals surface area contributed by atoms with Crippen molar-refractivity contribution in [3.63, 3.8) is 0 Å². The maximum absolute atomic E-state index is 5.70. The summed E-state index contributed by atoms with van der Waals surface area (Å²) in [5, 5.41) is 4.20. The van der Waals surface area contributed by atoms with Crippen molar-refractivity contribution in [3.05, 3.63) is 6.20 Å². The quantitative estimate of drug-likeness (QED) is 0.713. The largest absolute Gasteiger partial charge is 0.476 e. The summed E-state index contributed by atoms with van der Waals surface area (Å²) >= 11 is 0. The molecule has 0 radical (unpaired) electrons. The Morgan fingerprint density at radius 3 is 2.93 bits per heavy atom. The molecule has 0 atom stereocenters. The Morgan fingerprint density at radius 1 is 1.50 bits per heavy atom. The smallest absolute Gasteiger partial charge is 0.235 e. The van der Waals surface area contributed by atoms with E-state index in [4.69, 9.17) is 10.5 Å². The Hall–Kier alpha value is -0.900. The van der Waals surface area contributed by atoms with Gasteiger partial charge in [0, 0.05) is 5.41 Å². The summed E-state index contributed by atoms with van der Waals surface area (Å²) in [5.74, 6) is 0.762. The second kappa shape index (κ2) is 3.05. The molecule has 2 N–H and O–H groups in total. The average Bonchev–Trinajstić information content (AvgIpc) is 2.45. The highest BCUT2D eigenvalue weighted by molar-refractivity contribution is 5.85. The van der Waals surface area contributed by atoms with Gasteiger partial charge in [-0.1, -0.05) is 6.42 Å². The summed E-state index contributed by atoms with van der Waals surface area (Å²) in [7, 11) is 0. The molecular formula is C9H14ClN3O. The third kappa shape index (κ3) is 1.17. The number of anilines is 1. The minimum absolute atomic E-state index is 0. The fourth-order valence-electron chi connectivity index (χ4n) is 2.22. The van der Waals surface area contributed by atoms with E-state index in [1.165, 1.54) is 19.3 Å². The van der Waals surface area contributed by atoms with Gasteiger partial charge in [-0.25, -0.2) is 4.68 Å². The molecule has 14 heavy (non-hydrogen) atoms. The number of nitrogens with zero attached hydrogens (tertiary/aromatic N) is 2. The average molecular weight is 216 g/mol. The molecule has 4 nitrogen and oxygen atoms in total. The van der Waals surface area contributed by atoms with Crippen LogP contribution in [0.4, 0.5) is 5.69 Å². The molecule has 1 aliphatic carbocycles. The maximum Gasteiger partial charge on any atom is 0.235 e. The van der Waals surface area contributed by atoms with Gasteiger partial charge in [-0.2, -0.15) is 5.10 Å². The van der Waals surface area contributed by atoms with E-state index in [1.54, 1.807) is 6.20 Å². The lowest BCUT2D eigenvalue weighted by Gasteiger charge is -2.44. The second-order valence-electron chi connectivity index (χ2n) is 4.20. The number of hydrogen-bond donors (Lipinski definition) is 1. The zero-order valence-corrected chi connectivity index (χ0v) is 8.72. The molecular weight excluding hydrogens is 202 g/mol. The molecule has 1 aromatic rings. The van der Waals surface area contributed by atoms with E-state index in [0.717, 1.165) is 19.0 Å². The number of rotatable bonds is 0. The summed E-state index contributed by atoms with van der Waals surface area (Å²) < 4.78 is 7.53. The van der Waals surface area contributed by atoms with Gasteiger partial charge in [0.05, 0.1) is 19.3 Å². The van der Waals surface area contributed by atoms with E-state index in [-0.39, 0.29) is 12.4 Å². The van der Waals surface area contributed by atoms with Crippen LogP contribution in [0, 0.1) is 5.41 Å². The number of nitrogen functional groups attached to an aromatic ring is 1. The number of nitrogens with two attached hydrogens (primary N) is 1. The Bertz CT molecular complexity index is 346. The van der Waals surface area contributed by atoms with E-state index in [2.05, 4.69) is 5.10 Å². The predicted octanol–water partition coefficient (Wildman–Crippen LogP) is 1.45. The first-order valence-corrected chi connectivity index (χ1v) is 4.73. The van der Waals surface area contributed by atoms with E-state index in [1.807, 2.05) is 4.68 Å². The first-order chi connectivity index (χ1) is 6.29. The molecule has 0 unspecified atom stereocenters. The molecule has 5 heteroatoms. The van der Waals surface area contributed by atoms with Gasteiger partial charge in [0.1, 0.15) is 5.69 Å². The lowest BCUT2D eigenvalue weighted by molar-refractivity contribution is 0.00238. The van der Waals surface area contributed by atoms with Crippen LogP contribution < -0.4 is 10.5 Å². The number of halogens is 1. The molecule has 0 bridgehead atoms. The third-order valence-corrected chi connectivity index (χ3v) is 3.23. The van der Waals surface area contributed by atoms with Crippen LogP contribution in [0.15, 0.2) is 6.20 Å². The Labute approximate surface area is 88.8 Å². The van der Waals surface area contributed by atoms with Crippen LogP contribution in [0.2, 0.25) is 0 Å². The van der Waals surface area contributed by atoms with Gasteiger partial charge in [-0.15, -0.1) is 12.4 Å². The first kappa shape index (κ1) is 9.65. The zero-order valence-electron chi connectivity index (χ0n) is 7.90. The third-order valence-electron chi connectivity index (χ3n) is 3.23. The van der Waals surface area contributed by atoms with Crippen LogP contribution in [-0.2, 0) is 6.54 Å². The lowest BCUT2D eigenvalue weighted by Crippen LogP contribution is -2.43. The minimum atomic E-state index is 0. The van der Waals surface area contributed by atoms with Crippen molar-refractivity contribution in [3.8, 4) is 5.88 Å². The highest BCUT2D eigenvalue weighted by Gasteiger charge is 2.42. The molecule has 1 fully saturated rings. The van der Waals surface area contributed by atoms with E-state index < -0.39 is 0 Å². The minimum Gasteiger partial charge on any atom is -0.476 e. The lowest BCUT2D eigenvalue weighted by atomic mass is 9.69. The van der Waals surface area contributed by atoms with Crippen molar-refractivity contribution in [2.45, 2.75) is 25.8 Å². The number of ether oxygens (including phenoxy) is 1. The van der Waals surface area contributed by atoms with Crippen LogP contribution >= 0.6 is 12.4 Å².